The van der Waals surface area contributed by atoms with Gasteiger partial charge in [0.05, 0.1) is 13.2 Å². The number of hydrogen-bond donors (Lipinski definition) is 4. The van der Waals surface area contributed by atoms with Crippen molar-refractivity contribution in [3.63, 3.8) is 0 Å². The maximum Gasteiger partial charge on any atom is 0.224 e. The van der Waals surface area contributed by atoms with Gasteiger partial charge in [-0.1, -0.05) is 0 Å². The molecule has 1 fully saturated rings. The van der Waals surface area contributed by atoms with Gasteiger partial charge in [0.15, 0.2) is 29.5 Å². The van der Waals surface area contributed by atoms with E-state index in [4.69, 9.17) is 31.8 Å². The summed E-state index contributed by atoms with van der Waals surface area (Å²) >= 11 is 0. The van der Waals surface area contributed by atoms with Crippen LogP contribution in [0.3, 0.4) is 0 Å². The van der Waals surface area contributed by atoms with Crippen LogP contribution in [-0.2, 0) is 9.47 Å². The molecule has 2 aromatic heterocycles. The highest BCUT2D eigenvalue weighted by Crippen LogP contribution is 2.29. The number of fused-ring (bicyclic) bond motifs is 1. The molecule has 0 saturated carbocycles. The van der Waals surface area contributed by atoms with Gasteiger partial charge in [0, 0.05) is 0 Å². The summed E-state index contributed by atoms with van der Waals surface area (Å²) in [5.74, 6) is 0.322. The lowest BCUT2D eigenvalue weighted by molar-refractivity contribution is -0.0977. The smallest absolute Gasteiger partial charge is 0.224 e. The third kappa shape index (κ3) is 1.82. The van der Waals surface area contributed by atoms with E-state index in [1.54, 1.807) is 0 Å². The van der Waals surface area contributed by atoms with Crippen molar-refractivity contribution in [2.75, 3.05) is 30.4 Å². The van der Waals surface area contributed by atoms with Crippen LogP contribution in [0.25, 0.3) is 11.2 Å². The van der Waals surface area contributed by atoms with Crippen molar-refractivity contribution in [1.29, 1.82) is 0 Å². The first-order chi connectivity index (χ1) is 9.10. The molecule has 2 aromatic rings. The Hall–Kier alpha value is -2.17. The third-order valence-corrected chi connectivity index (χ3v) is 2.78. The standard InChI is InChI=1S/C9H13N7O3/c10-6-5-7(15-8(11)14-6)16(9(12)13-5)3-2-18-4(1-17)19-3/h3-4,17H,1-2H2,(H2,12,13)(H4,10,11,14,15). The largest absolute Gasteiger partial charge is 0.391 e. The van der Waals surface area contributed by atoms with Gasteiger partial charge in [0.1, 0.15) is 0 Å². The van der Waals surface area contributed by atoms with Crippen molar-refractivity contribution in [2.24, 2.45) is 0 Å². The van der Waals surface area contributed by atoms with E-state index in [1.807, 2.05) is 0 Å². The molecule has 102 valence electrons. The Kier molecular flexibility index (Phi) is 2.62. The third-order valence-electron chi connectivity index (χ3n) is 2.78. The minimum Gasteiger partial charge on any atom is -0.391 e. The van der Waals surface area contributed by atoms with Gasteiger partial charge in [-0.25, -0.2) is 4.98 Å². The highest BCUT2D eigenvalue weighted by atomic mass is 16.7. The van der Waals surface area contributed by atoms with Crippen LogP contribution in [-0.4, -0.2) is 44.1 Å². The average molecular weight is 267 g/mol. The van der Waals surface area contributed by atoms with Gasteiger partial charge in [-0.05, 0) is 0 Å². The second kappa shape index (κ2) is 4.19. The summed E-state index contributed by atoms with van der Waals surface area (Å²) in [4.78, 5) is 12.0. The van der Waals surface area contributed by atoms with Gasteiger partial charge < -0.3 is 31.8 Å². The molecule has 1 aliphatic rings. The lowest BCUT2D eigenvalue weighted by Crippen LogP contribution is -2.17. The van der Waals surface area contributed by atoms with E-state index in [0.29, 0.717) is 11.2 Å². The first-order valence-corrected chi connectivity index (χ1v) is 5.54. The fraction of sp³-hybridized carbons (Fsp3) is 0.444. The van der Waals surface area contributed by atoms with Crippen molar-refractivity contribution >= 4 is 28.9 Å². The summed E-state index contributed by atoms with van der Waals surface area (Å²) < 4.78 is 12.2. The molecule has 1 saturated heterocycles. The number of rotatable bonds is 2. The maximum absolute atomic E-state index is 8.98. The predicted molar refractivity (Wildman–Crippen MR) is 65.5 cm³/mol. The van der Waals surface area contributed by atoms with Gasteiger partial charge in [0.2, 0.25) is 11.9 Å². The molecule has 0 bridgehead atoms. The van der Waals surface area contributed by atoms with E-state index >= 15 is 0 Å². The molecule has 1 aliphatic heterocycles. The molecular weight excluding hydrogens is 254 g/mol. The molecule has 0 amide bonds. The fourth-order valence-electron chi connectivity index (χ4n) is 1.99. The number of nitrogens with zero attached hydrogens (tertiary/aromatic N) is 4. The number of nitrogen functional groups attached to an aromatic ring is 3. The Morgan fingerprint density at radius 1 is 1.26 bits per heavy atom. The van der Waals surface area contributed by atoms with Crippen LogP contribution in [0.15, 0.2) is 0 Å². The van der Waals surface area contributed by atoms with Gasteiger partial charge in [0.25, 0.3) is 0 Å². The van der Waals surface area contributed by atoms with Crippen molar-refractivity contribution in [1.82, 2.24) is 19.5 Å². The number of aliphatic hydroxyl groups excluding tert-OH is 1. The van der Waals surface area contributed by atoms with E-state index in [-0.39, 0.29) is 30.9 Å². The number of hydrogen-bond acceptors (Lipinski definition) is 9. The van der Waals surface area contributed by atoms with E-state index in [9.17, 15) is 0 Å². The topological polar surface area (TPSA) is 160 Å². The fourth-order valence-corrected chi connectivity index (χ4v) is 1.99. The number of aromatic nitrogens is 4. The Morgan fingerprint density at radius 3 is 2.74 bits per heavy atom. The zero-order chi connectivity index (χ0) is 13.6. The maximum atomic E-state index is 8.98. The average Bonchev–Trinajstić information content (AvgIpc) is 2.93. The van der Waals surface area contributed by atoms with Crippen molar-refractivity contribution < 1.29 is 14.6 Å². The van der Waals surface area contributed by atoms with Crippen LogP contribution < -0.4 is 17.2 Å². The molecule has 0 aliphatic carbocycles. The number of anilines is 3. The summed E-state index contributed by atoms with van der Waals surface area (Å²) in [5, 5.41) is 8.98. The number of aliphatic hydroxyl groups is 1. The minimum atomic E-state index is -0.696. The van der Waals surface area contributed by atoms with Gasteiger partial charge in [-0.2, -0.15) is 9.97 Å². The van der Waals surface area contributed by atoms with Crippen molar-refractivity contribution in [2.45, 2.75) is 12.5 Å². The normalized spacial score (nSPS) is 23.2. The summed E-state index contributed by atoms with van der Waals surface area (Å²) in [6.45, 7) is -0.0347. The molecule has 3 rings (SSSR count). The molecule has 0 aromatic carbocycles. The van der Waals surface area contributed by atoms with E-state index in [0.717, 1.165) is 0 Å². The van der Waals surface area contributed by atoms with E-state index in [1.165, 1.54) is 4.57 Å². The molecule has 10 heteroatoms. The highest BCUT2D eigenvalue weighted by molar-refractivity contribution is 5.85. The Bertz CT molecular complexity index is 628. The Morgan fingerprint density at radius 2 is 2.05 bits per heavy atom. The predicted octanol–water partition coefficient (Wildman–Crippen LogP) is -1.56. The summed E-state index contributed by atoms with van der Waals surface area (Å²) in [5.41, 5.74) is 17.8. The molecule has 0 spiro atoms. The zero-order valence-corrected chi connectivity index (χ0v) is 9.85. The first-order valence-electron chi connectivity index (χ1n) is 5.54. The van der Waals surface area contributed by atoms with Crippen LogP contribution in [0, 0.1) is 0 Å². The first kappa shape index (κ1) is 11.9. The number of imidazole rings is 1. The number of ether oxygens (including phenoxy) is 2. The monoisotopic (exact) mass is 267 g/mol. The Labute approximate surface area is 107 Å². The van der Waals surface area contributed by atoms with Crippen LogP contribution in [0.2, 0.25) is 0 Å². The molecule has 7 N–H and O–H groups in total. The highest BCUT2D eigenvalue weighted by Gasteiger charge is 2.30. The van der Waals surface area contributed by atoms with Crippen LogP contribution in [0.1, 0.15) is 6.23 Å². The summed E-state index contributed by atoms with van der Waals surface area (Å²) in [6.07, 6.45) is -1.24. The molecule has 10 nitrogen and oxygen atoms in total. The summed E-state index contributed by atoms with van der Waals surface area (Å²) in [7, 11) is 0. The van der Waals surface area contributed by atoms with Crippen LogP contribution in [0.4, 0.5) is 17.7 Å². The quantitative estimate of drug-likeness (QED) is 0.504. The number of nitrogens with two attached hydrogens (primary N) is 3. The second-order valence-corrected chi connectivity index (χ2v) is 4.02. The molecule has 3 heterocycles. The Balaban J connectivity index is 2.11. The van der Waals surface area contributed by atoms with Crippen LogP contribution in [0.5, 0.6) is 0 Å². The SMILES string of the molecule is Nc1nc(N)c2nc(N)n(C3COC(CO)O3)c2n1. The van der Waals surface area contributed by atoms with Gasteiger partial charge in [-0.3, -0.25) is 4.57 Å². The van der Waals surface area contributed by atoms with Crippen molar-refractivity contribution in [3.8, 4) is 0 Å². The molecule has 2 unspecified atom stereocenters. The molecule has 2 atom stereocenters. The zero-order valence-electron chi connectivity index (χ0n) is 9.85. The lowest BCUT2D eigenvalue weighted by atomic mass is 10.5. The van der Waals surface area contributed by atoms with Gasteiger partial charge in [-0.15, -0.1) is 0 Å². The lowest BCUT2D eigenvalue weighted by Gasteiger charge is -2.13. The van der Waals surface area contributed by atoms with Crippen molar-refractivity contribution in [3.05, 3.63) is 0 Å². The molecular formula is C9H13N7O3. The summed E-state index contributed by atoms with van der Waals surface area (Å²) in [6, 6.07) is 0. The molecule has 0 radical (unpaired) electrons. The van der Waals surface area contributed by atoms with Gasteiger partial charge >= 0.3 is 0 Å². The molecule has 19 heavy (non-hydrogen) atoms. The van der Waals surface area contributed by atoms with E-state index < -0.39 is 12.5 Å². The van der Waals surface area contributed by atoms with E-state index in [2.05, 4.69) is 15.0 Å². The minimum absolute atomic E-state index is 0.0174. The van der Waals surface area contributed by atoms with Crippen LogP contribution >= 0.6 is 0 Å². The second-order valence-electron chi connectivity index (χ2n) is 4.02.